The lowest BCUT2D eigenvalue weighted by molar-refractivity contribution is 0.439. The number of aryl methyl sites for hydroxylation is 1. The van der Waals surface area contributed by atoms with Gasteiger partial charge in [0.1, 0.15) is 5.69 Å². The predicted molar refractivity (Wildman–Crippen MR) is 82.7 cm³/mol. The molecule has 0 unspecified atom stereocenters. The molecule has 0 aliphatic carbocycles. The van der Waals surface area contributed by atoms with Crippen molar-refractivity contribution in [1.29, 1.82) is 0 Å². The molecule has 0 fully saturated rings. The topological polar surface area (TPSA) is 38.1 Å². The molecule has 20 heavy (non-hydrogen) atoms. The van der Waals surface area contributed by atoms with Crippen LogP contribution in [0.25, 0.3) is 5.69 Å². The van der Waals surface area contributed by atoms with Crippen molar-refractivity contribution in [1.82, 2.24) is 9.78 Å². The Bertz CT molecular complexity index is 606. The highest BCUT2D eigenvalue weighted by molar-refractivity contribution is 5.44. The number of aromatic hydroxyl groups is 1. The Hall–Kier alpha value is -1.77. The minimum Gasteiger partial charge on any atom is -0.504 e. The molecule has 0 aliphatic heterocycles. The highest BCUT2D eigenvalue weighted by atomic mass is 16.3. The lowest BCUT2D eigenvalue weighted by Crippen LogP contribution is -2.13. The van der Waals surface area contributed by atoms with E-state index in [0.717, 1.165) is 29.9 Å². The summed E-state index contributed by atoms with van der Waals surface area (Å²) in [7, 11) is 0. The highest BCUT2D eigenvalue weighted by Gasteiger charge is 2.26. The van der Waals surface area contributed by atoms with E-state index < -0.39 is 0 Å². The average Bonchev–Trinajstić information content (AvgIpc) is 2.68. The van der Waals surface area contributed by atoms with E-state index in [1.54, 1.807) is 0 Å². The van der Waals surface area contributed by atoms with Crippen molar-refractivity contribution in [3.05, 3.63) is 41.2 Å². The summed E-state index contributed by atoms with van der Waals surface area (Å²) >= 11 is 0. The summed E-state index contributed by atoms with van der Waals surface area (Å²) in [4.78, 5) is 0. The molecule has 0 spiro atoms. The SMILES string of the molecule is CCCc1c(O)c(C(C)(C)C)nn1-c1cccc(C)c1. The quantitative estimate of drug-likeness (QED) is 0.912. The van der Waals surface area contributed by atoms with Gasteiger partial charge in [-0.25, -0.2) is 4.68 Å². The second kappa shape index (κ2) is 5.31. The van der Waals surface area contributed by atoms with Crippen molar-refractivity contribution in [2.75, 3.05) is 0 Å². The zero-order valence-electron chi connectivity index (χ0n) is 13.1. The van der Waals surface area contributed by atoms with Crippen LogP contribution < -0.4 is 0 Å². The van der Waals surface area contributed by atoms with Gasteiger partial charge in [-0.2, -0.15) is 5.10 Å². The average molecular weight is 272 g/mol. The van der Waals surface area contributed by atoms with Crippen LogP contribution in [0, 0.1) is 6.92 Å². The van der Waals surface area contributed by atoms with E-state index >= 15 is 0 Å². The molecule has 1 aromatic heterocycles. The van der Waals surface area contributed by atoms with Crippen molar-refractivity contribution in [3.8, 4) is 11.4 Å². The van der Waals surface area contributed by atoms with Gasteiger partial charge in [0.05, 0.1) is 11.4 Å². The molecular formula is C17H24N2O. The third-order valence-corrected chi connectivity index (χ3v) is 3.40. The largest absolute Gasteiger partial charge is 0.504 e. The number of aromatic nitrogens is 2. The van der Waals surface area contributed by atoms with Gasteiger partial charge in [-0.15, -0.1) is 0 Å². The summed E-state index contributed by atoms with van der Waals surface area (Å²) in [5.74, 6) is 0.348. The molecule has 2 rings (SSSR count). The number of hydrogen-bond donors (Lipinski definition) is 1. The van der Waals surface area contributed by atoms with Gasteiger partial charge in [-0.3, -0.25) is 0 Å². The minimum atomic E-state index is -0.165. The second-order valence-corrected chi connectivity index (χ2v) is 6.39. The summed E-state index contributed by atoms with van der Waals surface area (Å²) in [6.45, 7) is 10.4. The molecule has 0 radical (unpaired) electrons. The maximum Gasteiger partial charge on any atom is 0.161 e. The molecule has 1 heterocycles. The highest BCUT2D eigenvalue weighted by Crippen LogP contribution is 2.34. The maximum absolute atomic E-state index is 10.5. The van der Waals surface area contributed by atoms with Crippen LogP contribution in [0.4, 0.5) is 0 Å². The lowest BCUT2D eigenvalue weighted by Gasteiger charge is -2.15. The lowest BCUT2D eigenvalue weighted by atomic mass is 9.91. The second-order valence-electron chi connectivity index (χ2n) is 6.39. The van der Waals surface area contributed by atoms with E-state index in [-0.39, 0.29) is 5.41 Å². The molecule has 108 valence electrons. The van der Waals surface area contributed by atoms with Crippen molar-refractivity contribution in [2.45, 2.75) is 52.9 Å². The Morgan fingerprint density at radius 3 is 2.50 bits per heavy atom. The third-order valence-electron chi connectivity index (χ3n) is 3.40. The van der Waals surface area contributed by atoms with Crippen LogP contribution in [0.2, 0.25) is 0 Å². The maximum atomic E-state index is 10.5. The van der Waals surface area contributed by atoms with E-state index in [9.17, 15) is 5.11 Å². The Balaban J connectivity index is 2.63. The molecule has 0 saturated heterocycles. The molecule has 0 amide bonds. The standard InChI is InChI=1S/C17H24N2O/c1-6-8-14-15(20)16(17(3,4)5)18-19(14)13-10-7-9-12(2)11-13/h7,9-11,20H,6,8H2,1-5H3. The van der Waals surface area contributed by atoms with Crippen molar-refractivity contribution in [3.63, 3.8) is 0 Å². The summed E-state index contributed by atoms with van der Waals surface area (Å²) in [6, 6.07) is 8.22. The van der Waals surface area contributed by atoms with Crippen LogP contribution in [0.3, 0.4) is 0 Å². The molecule has 0 atom stereocenters. The first-order valence-corrected chi connectivity index (χ1v) is 7.23. The van der Waals surface area contributed by atoms with E-state index in [4.69, 9.17) is 0 Å². The van der Waals surface area contributed by atoms with Crippen molar-refractivity contribution >= 4 is 0 Å². The van der Waals surface area contributed by atoms with E-state index in [2.05, 4.69) is 51.9 Å². The summed E-state index contributed by atoms with van der Waals surface area (Å²) < 4.78 is 1.90. The van der Waals surface area contributed by atoms with Gasteiger partial charge in [0, 0.05) is 5.41 Å². The first-order valence-electron chi connectivity index (χ1n) is 7.23. The molecule has 0 saturated carbocycles. The van der Waals surface area contributed by atoms with E-state index in [0.29, 0.717) is 5.75 Å². The molecule has 0 bridgehead atoms. The number of nitrogens with zero attached hydrogens (tertiary/aromatic N) is 2. The molecule has 2 aromatic rings. The van der Waals surface area contributed by atoms with E-state index in [1.165, 1.54) is 5.56 Å². The fourth-order valence-corrected chi connectivity index (χ4v) is 2.38. The van der Waals surface area contributed by atoms with Gasteiger partial charge in [-0.1, -0.05) is 46.2 Å². The predicted octanol–water partition coefficient (Wildman–Crippen LogP) is 4.14. The first-order chi connectivity index (χ1) is 9.34. The molecule has 1 N–H and O–H groups in total. The van der Waals surface area contributed by atoms with Crippen LogP contribution in [0.1, 0.15) is 51.1 Å². The minimum absolute atomic E-state index is 0.165. The number of hydrogen-bond acceptors (Lipinski definition) is 2. The van der Waals surface area contributed by atoms with Gasteiger partial charge >= 0.3 is 0 Å². The molecule has 1 aromatic carbocycles. The Labute approximate surface area is 121 Å². The van der Waals surface area contributed by atoms with Crippen LogP contribution in [-0.4, -0.2) is 14.9 Å². The normalized spacial score (nSPS) is 11.8. The zero-order chi connectivity index (χ0) is 14.9. The van der Waals surface area contributed by atoms with E-state index in [1.807, 2.05) is 16.8 Å². The summed E-state index contributed by atoms with van der Waals surface area (Å²) in [5.41, 5.74) is 3.71. The smallest absolute Gasteiger partial charge is 0.161 e. The van der Waals surface area contributed by atoms with Gasteiger partial charge in [0.2, 0.25) is 0 Å². The van der Waals surface area contributed by atoms with Crippen molar-refractivity contribution < 1.29 is 5.11 Å². The van der Waals surface area contributed by atoms with Gasteiger partial charge < -0.3 is 5.11 Å². The Morgan fingerprint density at radius 1 is 1.25 bits per heavy atom. The van der Waals surface area contributed by atoms with Crippen molar-refractivity contribution in [2.24, 2.45) is 0 Å². The molecule has 3 heteroatoms. The zero-order valence-corrected chi connectivity index (χ0v) is 13.1. The summed E-state index contributed by atoms with van der Waals surface area (Å²) in [6.07, 6.45) is 1.80. The van der Waals surface area contributed by atoms with Crippen LogP contribution in [-0.2, 0) is 11.8 Å². The van der Waals surface area contributed by atoms with Crippen LogP contribution in [0.15, 0.2) is 24.3 Å². The first kappa shape index (κ1) is 14.6. The monoisotopic (exact) mass is 272 g/mol. The number of benzene rings is 1. The van der Waals surface area contributed by atoms with Gasteiger partial charge in [0.15, 0.2) is 5.75 Å². The van der Waals surface area contributed by atoms with Gasteiger partial charge in [-0.05, 0) is 31.0 Å². The summed E-state index contributed by atoms with van der Waals surface area (Å²) in [5, 5.41) is 15.2. The molecule has 0 aliphatic rings. The fourth-order valence-electron chi connectivity index (χ4n) is 2.38. The Morgan fingerprint density at radius 2 is 1.95 bits per heavy atom. The fraction of sp³-hybridized carbons (Fsp3) is 0.471. The number of rotatable bonds is 3. The third kappa shape index (κ3) is 2.72. The molecular weight excluding hydrogens is 248 g/mol. The van der Waals surface area contributed by atoms with Crippen LogP contribution in [0.5, 0.6) is 5.75 Å². The van der Waals surface area contributed by atoms with Gasteiger partial charge in [0.25, 0.3) is 0 Å². The molecule has 3 nitrogen and oxygen atoms in total. The van der Waals surface area contributed by atoms with Crippen LogP contribution >= 0.6 is 0 Å². The Kier molecular flexibility index (Phi) is 3.89.